The standard InChI is InChI=1S/C15H25N5O3/c1-12-7-18-20(8-12)10-14-9-19(5-6-23-14)11-15(22)17-4-3-16-13(2)21/h7-8,14H,3-6,9-11H2,1-2H3,(H,16,21)(H,17,22)/t14-/m1/s1. The second kappa shape index (κ2) is 8.64. The summed E-state index contributed by atoms with van der Waals surface area (Å²) in [5, 5.41) is 9.71. The van der Waals surface area contributed by atoms with Gasteiger partial charge in [0, 0.05) is 39.3 Å². The van der Waals surface area contributed by atoms with E-state index < -0.39 is 0 Å². The smallest absolute Gasteiger partial charge is 0.234 e. The predicted molar refractivity (Wildman–Crippen MR) is 84.8 cm³/mol. The Labute approximate surface area is 136 Å². The summed E-state index contributed by atoms with van der Waals surface area (Å²) in [7, 11) is 0. The van der Waals surface area contributed by atoms with Gasteiger partial charge in [0.15, 0.2) is 0 Å². The van der Waals surface area contributed by atoms with E-state index in [2.05, 4.69) is 20.6 Å². The molecule has 2 heterocycles. The van der Waals surface area contributed by atoms with Crippen molar-refractivity contribution in [2.45, 2.75) is 26.5 Å². The first kappa shape index (κ1) is 17.4. The first-order valence-electron chi connectivity index (χ1n) is 7.87. The molecule has 23 heavy (non-hydrogen) atoms. The molecular weight excluding hydrogens is 298 g/mol. The van der Waals surface area contributed by atoms with E-state index in [-0.39, 0.29) is 17.9 Å². The fraction of sp³-hybridized carbons (Fsp3) is 0.667. The number of carbonyl (C=O) groups is 2. The van der Waals surface area contributed by atoms with E-state index in [4.69, 9.17) is 4.74 Å². The molecule has 8 nitrogen and oxygen atoms in total. The normalized spacial score (nSPS) is 18.6. The van der Waals surface area contributed by atoms with Crippen molar-refractivity contribution in [1.82, 2.24) is 25.3 Å². The summed E-state index contributed by atoms with van der Waals surface area (Å²) in [5.74, 6) is -0.130. The Kier molecular flexibility index (Phi) is 6.54. The molecule has 1 aliphatic rings. The van der Waals surface area contributed by atoms with Crippen molar-refractivity contribution in [3.8, 4) is 0 Å². The Bertz CT molecular complexity index is 531. The number of morpholine rings is 1. The van der Waals surface area contributed by atoms with Crippen LogP contribution in [0.15, 0.2) is 12.4 Å². The molecular formula is C15H25N5O3. The molecule has 0 unspecified atom stereocenters. The molecule has 1 atom stereocenters. The van der Waals surface area contributed by atoms with Gasteiger partial charge in [-0.15, -0.1) is 0 Å². The van der Waals surface area contributed by atoms with Gasteiger partial charge in [-0.1, -0.05) is 0 Å². The molecule has 0 bridgehead atoms. The highest BCUT2D eigenvalue weighted by atomic mass is 16.5. The van der Waals surface area contributed by atoms with Crippen molar-refractivity contribution >= 4 is 11.8 Å². The van der Waals surface area contributed by atoms with Crippen molar-refractivity contribution in [3.05, 3.63) is 18.0 Å². The zero-order chi connectivity index (χ0) is 16.7. The van der Waals surface area contributed by atoms with Gasteiger partial charge in [0.2, 0.25) is 11.8 Å². The van der Waals surface area contributed by atoms with Gasteiger partial charge in [0.1, 0.15) is 0 Å². The maximum absolute atomic E-state index is 11.9. The van der Waals surface area contributed by atoms with Crippen LogP contribution in [-0.2, 0) is 20.9 Å². The Morgan fingerprint density at radius 2 is 2.17 bits per heavy atom. The van der Waals surface area contributed by atoms with Gasteiger partial charge >= 0.3 is 0 Å². The highest BCUT2D eigenvalue weighted by Gasteiger charge is 2.22. The third kappa shape index (κ3) is 6.37. The van der Waals surface area contributed by atoms with Gasteiger partial charge < -0.3 is 15.4 Å². The molecule has 2 N–H and O–H groups in total. The minimum atomic E-state index is -0.0934. The van der Waals surface area contributed by atoms with Crippen LogP contribution in [0.25, 0.3) is 0 Å². The van der Waals surface area contributed by atoms with Gasteiger partial charge in [0.05, 0.1) is 32.0 Å². The maximum Gasteiger partial charge on any atom is 0.234 e. The molecule has 0 spiro atoms. The summed E-state index contributed by atoms with van der Waals surface area (Å²) in [6.07, 6.45) is 3.84. The lowest BCUT2D eigenvalue weighted by molar-refractivity contribution is -0.125. The lowest BCUT2D eigenvalue weighted by atomic mass is 10.2. The molecule has 0 saturated carbocycles. The van der Waals surface area contributed by atoms with Gasteiger partial charge in [-0.25, -0.2) is 0 Å². The molecule has 1 saturated heterocycles. The third-order valence-electron chi connectivity index (χ3n) is 3.56. The van der Waals surface area contributed by atoms with Gasteiger partial charge in [0.25, 0.3) is 0 Å². The van der Waals surface area contributed by atoms with Crippen LogP contribution >= 0.6 is 0 Å². The minimum Gasteiger partial charge on any atom is -0.374 e. The van der Waals surface area contributed by atoms with Crippen molar-refractivity contribution in [1.29, 1.82) is 0 Å². The summed E-state index contributed by atoms with van der Waals surface area (Å²) in [6.45, 7) is 7.45. The zero-order valence-corrected chi connectivity index (χ0v) is 13.7. The van der Waals surface area contributed by atoms with E-state index >= 15 is 0 Å². The van der Waals surface area contributed by atoms with E-state index in [0.717, 1.165) is 12.1 Å². The summed E-state index contributed by atoms with van der Waals surface area (Å²) in [5.41, 5.74) is 1.12. The number of rotatable bonds is 7. The number of nitrogens with one attached hydrogen (secondary N) is 2. The topological polar surface area (TPSA) is 88.5 Å². The number of hydrogen-bond donors (Lipinski definition) is 2. The summed E-state index contributed by atoms with van der Waals surface area (Å²) in [4.78, 5) is 24.7. The first-order valence-corrected chi connectivity index (χ1v) is 7.87. The van der Waals surface area contributed by atoms with Gasteiger partial charge in [-0.3, -0.25) is 19.2 Å². The lowest BCUT2D eigenvalue weighted by Crippen LogP contribution is -2.48. The molecule has 128 valence electrons. The molecule has 2 amide bonds. The van der Waals surface area contributed by atoms with Crippen molar-refractivity contribution < 1.29 is 14.3 Å². The largest absolute Gasteiger partial charge is 0.374 e. The van der Waals surface area contributed by atoms with E-state index in [0.29, 0.717) is 39.3 Å². The highest BCUT2D eigenvalue weighted by molar-refractivity contribution is 5.78. The average molecular weight is 323 g/mol. The summed E-state index contributed by atoms with van der Waals surface area (Å²) >= 11 is 0. The van der Waals surface area contributed by atoms with Crippen LogP contribution in [0.1, 0.15) is 12.5 Å². The van der Waals surface area contributed by atoms with Gasteiger partial charge in [-0.05, 0) is 12.5 Å². The number of nitrogens with zero attached hydrogens (tertiary/aromatic N) is 3. The maximum atomic E-state index is 11.9. The Hall–Kier alpha value is -1.93. The molecule has 2 rings (SSSR count). The lowest BCUT2D eigenvalue weighted by Gasteiger charge is -2.32. The minimum absolute atomic E-state index is 0.0362. The fourth-order valence-corrected chi connectivity index (χ4v) is 2.51. The number of amides is 2. The molecule has 0 aromatic carbocycles. The Morgan fingerprint density at radius 3 is 2.87 bits per heavy atom. The van der Waals surface area contributed by atoms with Crippen molar-refractivity contribution in [3.63, 3.8) is 0 Å². The van der Waals surface area contributed by atoms with E-state index in [1.54, 1.807) is 0 Å². The van der Waals surface area contributed by atoms with Crippen LogP contribution in [0.5, 0.6) is 0 Å². The summed E-state index contributed by atoms with van der Waals surface area (Å²) < 4.78 is 7.62. The summed E-state index contributed by atoms with van der Waals surface area (Å²) in [6, 6.07) is 0. The van der Waals surface area contributed by atoms with E-state index in [1.165, 1.54) is 6.92 Å². The van der Waals surface area contributed by atoms with Crippen molar-refractivity contribution in [2.75, 3.05) is 39.3 Å². The van der Waals surface area contributed by atoms with Crippen LogP contribution in [0, 0.1) is 6.92 Å². The fourth-order valence-electron chi connectivity index (χ4n) is 2.51. The van der Waals surface area contributed by atoms with Gasteiger partial charge in [-0.2, -0.15) is 5.10 Å². The van der Waals surface area contributed by atoms with Crippen LogP contribution in [0.2, 0.25) is 0 Å². The highest BCUT2D eigenvalue weighted by Crippen LogP contribution is 2.07. The molecule has 8 heteroatoms. The first-order chi connectivity index (χ1) is 11.0. The van der Waals surface area contributed by atoms with Crippen LogP contribution in [0.3, 0.4) is 0 Å². The quantitative estimate of drug-likeness (QED) is 0.638. The number of ether oxygens (including phenoxy) is 1. The van der Waals surface area contributed by atoms with E-state index in [1.807, 2.05) is 24.0 Å². The average Bonchev–Trinajstić information content (AvgIpc) is 2.89. The Balaban J connectivity index is 1.68. The monoisotopic (exact) mass is 323 g/mol. The molecule has 1 aromatic heterocycles. The molecule has 0 radical (unpaired) electrons. The van der Waals surface area contributed by atoms with Crippen LogP contribution in [-0.4, -0.2) is 71.9 Å². The number of aryl methyl sites for hydroxylation is 1. The second-order valence-electron chi connectivity index (χ2n) is 5.80. The second-order valence-corrected chi connectivity index (χ2v) is 5.80. The van der Waals surface area contributed by atoms with E-state index in [9.17, 15) is 9.59 Å². The molecule has 1 fully saturated rings. The Morgan fingerprint density at radius 1 is 1.39 bits per heavy atom. The van der Waals surface area contributed by atoms with Crippen LogP contribution < -0.4 is 10.6 Å². The van der Waals surface area contributed by atoms with Crippen molar-refractivity contribution in [2.24, 2.45) is 0 Å². The zero-order valence-electron chi connectivity index (χ0n) is 13.7. The number of hydrogen-bond acceptors (Lipinski definition) is 5. The number of carbonyl (C=O) groups excluding carboxylic acids is 2. The predicted octanol–water partition coefficient (Wildman–Crippen LogP) is -0.855. The number of aromatic nitrogens is 2. The van der Waals surface area contributed by atoms with Crippen LogP contribution in [0.4, 0.5) is 0 Å². The molecule has 1 aliphatic heterocycles. The molecule has 1 aromatic rings. The SMILES string of the molecule is CC(=O)NCCNC(=O)CN1CCO[C@@H](Cn2cc(C)cn2)C1. The molecule has 0 aliphatic carbocycles. The third-order valence-corrected chi connectivity index (χ3v) is 3.56.